The van der Waals surface area contributed by atoms with E-state index >= 15 is 0 Å². The molecule has 1 saturated heterocycles. The number of hydrogen-bond donors (Lipinski definition) is 0. The van der Waals surface area contributed by atoms with E-state index < -0.39 is 0 Å². The van der Waals surface area contributed by atoms with Crippen LogP contribution in [0.2, 0.25) is 0 Å². The molecule has 0 atom stereocenters. The van der Waals surface area contributed by atoms with Crippen LogP contribution in [0.3, 0.4) is 0 Å². The van der Waals surface area contributed by atoms with Crippen molar-refractivity contribution in [1.29, 1.82) is 0 Å². The molecule has 0 aromatic heterocycles. The van der Waals surface area contributed by atoms with Gasteiger partial charge >= 0.3 is 0 Å². The summed E-state index contributed by atoms with van der Waals surface area (Å²) in [6, 6.07) is 18.5. The second kappa shape index (κ2) is 6.92. The first-order valence-corrected chi connectivity index (χ1v) is 9.09. The van der Waals surface area contributed by atoms with Crippen LogP contribution >= 0.6 is 0 Å². The molecule has 2 aromatic carbocycles. The van der Waals surface area contributed by atoms with Crippen LogP contribution in [0.5, 0.6) is 0 Å². The smallest absolute Gasteiger partial charge is 0.0608 e. The van der Waals surface area contributed by atoms with Crippen LogP contribution in [-0.4, -0.2) is 42.5 Å². The van der Waals surface area contributed by atoms with Gasteiger partial charge in [-0.15, -0.1) is 6.58 Å². The first-order valence-electron chi connectivity index (χ1n) is 9.09. The molecule has 1 fully saturated rings. The van der Waals surface area contributed by atoms with E-state index in [0.717, 1.165) is 45.6 Å². The zero-order valence-electron chi connectivity index (χ0n) is 14.3. The van der Waals surface area contributed by atoms with Gasteiger partial charge in [-0.3, -0.25) is 9.80 Å². The molecule has 24 heavy (non-hydrogen) atoms. The summed E-state index contributed by atoms with van der Waals surface area (Å²) in [5.74, 6) is 0. The largest absolute Gasteiger partial charge is 0.297 e. The van der Waals surface area contributed by atoms with Crippen molar-refractivity contribution in [3.05, 3.63) is 83.4 Å². The molecule has 2 aromatic rings. The van der Waals surface area contributed by atoms with Crippen LogP contribution in [0.25, 0.3) is 0 Å². The van der Waals surface area contributed by atoms with Crippen molar-refractivity contribution < 1.29 is 0 Å². The number of aryl methyl sites for hydroxylation is 2. The van der Waals surface area contributed by atoms with E-state index in [9.17, 15) is 0 Å². The van der Waals surface area contributed by atoms with Crippen LogP contribution in [-0.2, 0) is 12.8 Å². The minimum atomic E-state index is 0.408. The molecule has 0 N–H and O–H groups in total. The third-order valence-corrected chi connectivity index (χ3v) is 5.52. The summed E-state index contributed by atoms with van der Waals surface area (Å²) in [5.41, 5.74) is 6.07. The SMILES string of the molecule is C=CCN1CCN(C2c3ccccc3CCc3ccccc32)CC1. The fraction of sp³-hybridized carbons (Fsp3) is 0.364. The Bertz CT molecular complexity index is 666. The fourth-order valence-electron chi connectivity index (χ4n) is 4.27. The Kier molecular flexibility index (Phi) is 4.50. The highest BCUT2D eigenvalue weighted by atomic mass is 15.3. The lowest BCUT2D eigenvalue weighted by molar-refractivity contribution is 0.117. The monoisotopic (exact) mass is 318 g/mol. The number of piperazine rings is 1. The zero-order valence-corrected chi connectivity index (χ0v) is 14.3. The zero-order chi connectivity index (χ0) is 16.4. The normalized spacial score (nSPS) is 19.3. The highest BCUT2D eigenvalue weighted by Crippen LogP contribution is 2.37. The molecule has 2 aliphatic rings. The maximum absolute atomic E-state index is 3.88. The molecule has 0 saturated carbocycles. The molecule has 124 valence electrons. The van der Waals surface area contributed by atoms with Gasteiger partial charge in [-0.2, -0.15) is 0 Å². The fourth-order valence-corrected chi connectivity index (χ4v) is 4.27. The van der Waals surface area contributed by atoms with Crippen LogP contribution in [0.15, 0.2) is 61.2 Å². The topological polar surface area (TPSA) is 6.48 Å². The van der Waals surface area contributed by atoms with Gasteiger partial charge in [-0.05, 0) is 35.1 Å². The first-order chi connectivity index (χ1) is 11.9. The average Bonchev–Trinajstić information content (AvgIpc) is 2.80. The number of hydrogen-bond acceptors (Lipinski definition) is 2. The van der Waals surface area contributed by atoms with Gasteiger partial charge in [0.1, 0.15) is 0 Å². The van der Waals surface area contributed by atoms with Crippen molar-refractivity contribution in [3.63, 3.8) is 0 Å². The maximum Gasteiger partial charge on any atom is 0.0608 e. The molecule has 0 spiro atoms. The highest BCUT2D eigenvalue weighted by Gasteiger charge is 2.30. The number of rotatable bonds is 3. The van der Waals surface area contributed by atoms with Crippen LogP contribution in [0.4, 0.5) is 0 Å². The van der Waals surface area contributed by atoms with Crippen molar-refractivity contribution in [2.75, 3.05) is 32.7 Å². The second-order valence-electron chi connectivity index (χ2n) is 6.93. The standard InChI is InChI=1S/C22H26N2/c1-2-13-23-14-16-24(17-15-23)22-20-9-5-3-7-18(20)11-12-19-8-4-6-10-21(19)22/h2-10,22H,1,11-17H2. The summed E-state index contributed by atoms with van der Waals surface area (Å²) in [5, 5.41) is 0. The predicted molar refractivity (Wildman–Crippen MR) is 100 cm³/mol. The molecule has 0 bridgehead atoms. The van der Waals surface area contributed by atoms with Crippen LogP contribution in [0, 0.1) is 0 Å². The Morgan fingerprint density at radius 2 is 1.38 bits per heavy atom. The molecule has 4 rings (SSSR count). The third-order valence-electron chi connectivity index (χ3n) is 5.52. The molecule has 2 nitrogen and oxygen atoms in total. The third kappa shape index (κ3) is 2.92. The molecule has 2 heteroatoms. The lowest BCUT2D eigenvalue weighted by Crippen LogP contribution is -2.47. The van der Waals surface area contributed by atoms with E-state index in [1.807, 2.05) is 6.08 Å². The highest BCUT2D eigenvalue weighted by molar-refractivity contribution is 5.44. The van der Waals surface area contributed by atoms with Crippen molar-refractivity contribution in [3.8, 4) is 0 Å². The van der Waals surface area contributed by atoms with E-state index in [-0.39, 0.29) is 0 Å². The van der Waals surface area contributed by atoms with Gasteiger partial charge < -0.3 is 0 Å². The van der Waals surface area contributed by atoms with Crippen molar-refractivity contribution in [2.45, 2.75) is 18.9 Å². The quantitative estimate of drug-likeness (QED) is 0.797. The van der Waals surface area contributed by atoms with Crippen molar-refractivity contribution in [2.24, 2.45) is 0 Å². The summed E-state index contributed by atoms with van der Waals surface area (Å²) in [6.45, 7) is 9.40. The lowest BCUT2D eigenvalue weighted by Gasteiger charge is -2.40. The Balaban J connectivity index is 1.70. The van der Waals surface area contributed by atoms with Crippen LogP contribution < -0.4 is 0 Å². The van der Waals surface area contributed by atoms with Gasteiger partial charge in [-0.25, -0.2) is 0 Å². The molecule has 1 aliphatic heterocycles. The summed E-state index contributed by atoms with van der Waals surface area (Å²) < 4.78 is 0. The minimum absolute atomic E-state index is 0.408. The van der Waals surface area contributed by atoms with Gasteiger partial charge in [0.15, 0.2) is 0 Å². The van der Waals surface area contributed by atoms with Gasteiger partial charge in [0.2, 0.25) is 0 Å². The molecule has 0 radical (unpaired) electrons. The molecule has 0 unspecified atom stereocenters. The Labute approximate surface area is 145 Å². The van der Waals surface area contributed by atoms with Gasteiger partial charge in [0.25, 0.3) is 0 Å². The summed E-state index contributed by atoms with van der Waals surface area (Å²) >= 11 is 0. The van der Waals surface area contributed by atoms with Gasteiger partial charge in [0, 0.05) is 32.7 Å². The lowest BCUT2D eigenvalue weighted by atomic mass is 9.93. The molecular formula is C22H26N2. The molecule has 0 amide bonds. The Morgan fingerprint density at radius 3 is 1.92 bits per heavy atom. The summed E-state index contributed by atoms with van der Waals surface area (Å²) in [7, 11) is 0. The van der Waals surface area contributed by atoms with E-state index in [1.54, 1.807) is 0 Å². The van der Waals surface area contributed by atoms with Crippen molar-refractivity contribution in [1.82, 2.24) is 9.80 Å². The van der Waals surface area contributed by atoms with Gasteiger partial charge in [-0.1, -0.05) is 54.6 Å². The maximum atomic E-state index is 3.88. The molecule has 1 aliphatic carbocycles. The Morgan fingerprint density at radius 1 is 0.833 bits per heavy atom. The average molecular weight is 318 g/mol. The van der Waals surface area contributed by atoms with Crippen molar-refractivity contribution >= 4 is 0 Å². The Hall–Kier alpha value is -1.90. The van der Waals surface area contributed by atoms with E-state index in [0.29, 0.717) is 6.04 Å². The summed E-state index contributed by atoms with van der Waals surface area (Å²) in [6.07, 6.45) is 4.33. The van der Waals surface area contributed by atoms with Gasteiger partial charge in [0.05, 0.1) is 6.04 Å². The van der Waals surface area contributed by atoms with Crippen LogP contribution in [0.1, 0.15) is 28.3 Å². The summed E-state index contributed by atoms with van der Waals surface area (Å²) in [4.78, 5) is 5.18. The van der Waals surface area contributed by atoms with E-state index in [2.05, 4.69) is 64.9 Å². The second-order valence-corrected chi connectivity index (χ2v) is 6.93. The molecular weight excluding hydrogens is 292 g/mol. The minimum Gasteiger partial charge on any atom is -0.297 e. The number of fused-ring (bicyclic) bond motifs is 2. The number of nitrogens with zero attached hydrogens (tertiary/aromatic N) is 2. The van der Waals surface area contributed by atoms with E-state index in [4.69, 9.17) is 0 Å². The predicted octanol–water partition coefficient (Wildman–Crippen LogP) is 3.68. The first kappa shape index (κ1) is 15.6. The van der Waals surface area contributed by atoms with E-state index in [1.165, 1.54) is 22.3 Å². The number of benzene rings is 2. The molecule has 1 heterocycles.